The van der Waals surface area contributed by atoms with Crippen LogP contribution in [0.15, 0.2) is 28.8 Å². The predicted molar refractivity (Wildman–Crippen MR) is 83.4 cm³/mol. The molecule has 2 rings (SSSR count). The third kappa shape index (κ3) is 4.51. The van der Waals surface area contributed by atoms with Crippen molar-refractivity contribution in [3.63, 3.8) is 0 Å². The lowest BCUT2D eigenvalue weighted by molar-refractivity contribution is 0.491. The van der Waals surface area contributed by atoms with Crippen LogP contribution in [0, 0.1) is 0 Å². The van der Waals surface area contributed by atoms with E-state index < -0.39 is 0 Å². The van der Waals surface area contributed by atoms with Crippen molar-refractivity contribution in [2.75, 3.05) is 13.1 Å². The van der Waals surface area contributed by atoms with Gasteiger partial charge in [-0.05, 0) is 44.1 Å². The molecule has 1 aromatic carbocycles. The van der Waals surface area contributed by atoms with E-state index in [-0.39, 0.29) is 0 Å². The average Bonchev–Trinajstić information content (AvgIpc) is 2.86. The summed E-state index contributed by atoms with van der Waals surface area (Å²) in [5.41, 5.74) is 0.852. The standard InChI is InChI=1S/C15H18Cl2N2O/c1-2-5-18-6-3-4-15-19-10-14(20-15)11-7-12(16)9-13(17)8-11/h7-10,18H,2-6H2,1H3. The van der Waals surface area contributed by atoms with Gasteiger partial charge in [0, 0.05) is 22.0 Å². The smallest absolute Gasteiger partial charge is 0.194 e. The number of benzene rings is 1. The second-order valence-corrected chi connectivity index (χ2v) is 5.50. The molecule has 0 bridgehead atoms. The van der Waals surface area contributed by atoms with Gasteiger partial charge in [0.25, 0.3) is 0 Å². The van der Waals surface area contributed by atoms with Crippen LogP contribution in [-0.4, -0.2) is 18.1 Å². The molecule has 3 nitrogen and oxygen atoms in total. The van der Waals surface area contributed by atoms with Crippen LogP contribution in [0.2, 0.25) is 10.0 Å². The lowest BCUT2D eigenvalue weighted by Crippen LogP contribution is -2.16. The van der Waals surface area contributed by atoms with E-state index in [1.165, 1.54) is 0 Å². The minimum Gasteiger partial charge on any atom is -0.441 e. The van der Waals surface area contributed by atoms with E-state index in [4.69, 9.17) is 27.6 Å². The Morgan fingerprint density at radius 3 is 2.60 bits per heavy atom. The van der Waals surface area contributed by atoms with E-state index in [2.05, 4.69) is 17.2 Å². The van der Waals surface area contributed by atoms with Gasteiger partial charge in [-0.25, -0.2) is 4.98 Å². The second kappa shape index (κ2) is 7.67. The predicted octanol–water partition coefficient (Wildman–Crippen LogP) is 4.58. The molecule has 0 spiro atoms. The summed E-state index contributed by atoms with van der Waals surface area (Å²) in [6.07, 6.45) is 4.71. The maximum Gasteiger partial charge on any atom is 0.194 e. The van der Waals surface area contributed by atoms with Crippen LogP contribution >= 0.6 is 23.2 Å². The molecule has 0 amide bonds. The fraction of sp³-hybridized carbons (Fsp3) is 0.400. The first-order chi connectivity index (χ1) is 9.69. The zero-order chi connectivity index (χ0) is 14.4. The van der Waals surface area contributed by atoms with Crippen molar-refractivity contribution in [2.45, 2.75) is 26.2 Å². The summed E-state index contributed by atoms with van der Waals surface area (Å²) in [6, 6.07) is 5.34. The van der Waals surface area contributed by atoms with Gasteiger partial charge in [0.2, 0.25) is 0 Å². The third-order valence-corrected chi connectivity index (χ3v) is 3.31. The molecule has 0 aliphatic carbocycles. The molecule has 0 saturated heterocycles. The van der Waals surface area contributed by atoms with Gasteiger partial charge in [-0.1, -0.05) is 30.1 Å². The van der Waals surface area contributed by atoms with Gasteiger partial charge in [-0.15, -0.1) is 0 Å². The number of hydrogen-bond acceptors (Lipinski definition) is 3. The molecule has 0 radical (unpaired) electrons. The second-order valence-electron chi connectivity index (χ2n) is 4.63. The number of rotatable bonds is 7. The fourth-order valence-corrected chi connectivity index (χ4v) is 2.45. The lowest BCUT2D eigenvalue weighted by Gasteiger charge is -2.01. The monoisotopic (exact) mass is 312 g/mol. The molecule has 1 N–H and O–H groups in total. The molecular weight excluding hydrogens is 295 g/mol. The first-order valence-electron chi connectivity index (χ1n) is 6.81. The number of halogens is 2. The summed E-state index contributed by atoms with van der Waals surface area (Å²) in [5, 5.41) is 4.54. The van der Waals surface area contributed by atoms with Crippen molar-refractivity contribution in [3.8, 4) is 11.3 Å². The van der Waals surface area contributed by atoms with Gasteiger partial charge in [-0.2, -0.15) is 0 Å². The van der Waals surface area contributed by atoms with E-state index in [0.717, 1.165) is 43.8 Å². The maximum absolute atomic E-state index is 5.98. The normalized spacial score (nSPS) is 10.9. The molecule has 5 heteroatoms. The largest absolute Gasteiger partial charge is 0.441 e. The number of aryl methyl sites for hydroxylation is 1. The van der Waals surface area contributed by atoms with Gasteiger partial charge < -0.3 is 9.73 Å². The van der Waals surface area contributed by atoms with Gasteiger partial charge in [0.1, 0.15) is 0 Å². The number of oxazole rings is 1. The summed E-state index contributed by atoms with van der Waals surface area (Å²) in [7, 11) is 0. The summed E-state index contributed by atoms with van der Waals surface area (Å²) in [6.45, 7) is 4.19. The summed E-state index contributed by atoms with van der Waals surface area (Å²) >= 11 is 12.0. The molecule has 0 aliphatic rings. The third-order valence-electron chi connectivity index (χ3n) is 2.87. The van der Waals surface area contributed by atoms with Gasteiger partial charge >= 0.3 is 0 Å². The van der Waals surface area contributed by atoms with Crippen molar-refractivity contribution in [1.82, 2.24) is 10.3 Å². The first kappa shape index (κ1) is 15.4. The Morgan fingerprint density at radius 1 is 1.15 bits per heavy atom. The molecule has 0 aliphatic heterocycles. The van der Waals surface area contributed by atoms with E-state index in [1.54, 1.807) is 12.3 Å². The van der Waals surface area contributed by atoms with Crippen molar-refractivity contribution in [2.24, 2.45) is 0 Å². The van der Waals surface area contributed by atoms with Crippen molar-refractivity contribution >= 4 is 23.2 Å². The summed E-state index contributed by atoms with van der Waals surface area (Å²) in [5.74, 6) is 1.44. The topological polar surface area (TPSA) is 38.1 Å². The van der Waals surface area contributed by atoms with E-state index in [9.17, 15) is 0 Å². The van der Waals surface area contributed by atoms with Gasteiger partial charge in [-0.3, -0.25) is 0 Å². The summed E-state index contributed by atoms with van der Waals surface area (Å²) in [4.78, 5) is 4.29. The highest BCUT2D eigenvalue weighted by Crippen LogP contribution is 2.27. The lowest BCUT2D eigenvalue weighted by atomic mass is 10.2. The van der Waals surface area contributed by atoms with Crippen LogP contribution in [0.5, 0.6) is 0 Å². The molecular formula is C15H18Cl2N2O. The number of hydrogen-bond donors (Lipinski definition) is 1. The van der Waals surface area contributed by atoms with Crippen LogP contribution in [0.3, 0.4) is 0 Å². The quantitative estimate of drug-likeness (QED) is 0.760. The molecule has 20 heavy (non-hydrogen) atoms. The molecule has 0 saturated carbocycles. The van der Waals surface area contributed by atoms with E-state index in [0.29, 0.717) is 15.8 Å². The van der Waals surface area contributed by atoms with E-state index >= 15 is 0 Å². The SMILES string of the molecule is CCCNCCCc1ncc(-c2cc(Cl)cc(Cl)c2)o1. The first-order valence-corrected chi connectivity index (χ1v) is 7.56. The Kier molecular flexibility index (Phi) is 5.89. The molecule has 1 aromatic heterocycles. The van der Waals surface area contributed by atoms with Gasteiger partial charge in [0.05, 0.1) is 6.20 Å². The van der Waals surface area contributed by atoms with Crippen molar-refractivity contribution in [1.29, 1.82) is 0 Å². The summed E-state index contributed by atoms with van der Waals surface area (Å²) < 4.78 is 5.73. The van der Waals surface area contributed by atoms with Crippen molar-refractivity contribution < 1.29 is 4.42 Å². The van der Waals surface area contributed by atoms with Crippen LogP contribution in [0.25, 0.3) is 11.3 Å². The Morgan fingerprint density at radius 2 is 1.90 bits per heavy atom. The molecule has 2 aromatic rings. The Bertz CT molecular complexity index is 534. The zero-order valence-corrected chi connectivity index (χ0v) is 13.0. The molecule has 0 fully saturated rings. The Labute approximate surface area is 129 Å². The average molecular weight is 313 g/mol. The van der Waals surface area contributed by atoms with Gasteiger partial charge in [0.15, 0.2) is 11.7 Å². The van der Waals surface area contributed by atoms with Crippen molar-refractivity contribution in [3.05, 3.63) is 40.3 Å². The molecule has 108 valence electrons. The van der Waals surface area contributed by atoms with E-state index in [1.807, 2.05) is 12.1 Å². The van der Waals surface area contributed by atoms with Crippen LogP contribution in [0.1, 0.15) is 25.7 Å². The maximum atomic E-state index is 5.98. The minimum atomic E-state index is 0.592. The fourth-order valence-electron chi connectivity index (χ4n) is 1.92. The Balaban J connectivity index is 1.94. The highest BCUT2D eigenvalue weighted by atomic mass is 35.5. The molecule has 0 atom stereocenters. The van der Waals surface area contributed by atoms with Crippen LogP contribution in [-0.2, 0) is 6.42 Å². The molecule has 1 heterocycles. The molecule has 0 unspecified atom stereocenters. The highest BCUT2D eigenvalue weighted by Gasteiger charge is 2.08. The minimum absolute atomic E-state index is 0.592. The number of nitrogens with zero attached hydrogens (tertiary/aromatic N) is 1. The highest BCUT2D eigenvalue weighted by molar-refractivity contribution is 6.35. The zero-order valence-electron chi connectivity index (χ0n) is 11.5. The Hall–Kier alpha value is -1.03. The van der Waals surface area contributed by atoms with Crippen LogP contribution in [0.4, 0.5) is 0 Å². The number of aromatic nitrogens is 1. The van der Waals surface area contributed by atoms with Crippen LogP contribution < -0.4 is 5.32 Å². The number of nitrogens with one attached hydrogen (secondary N) is 1.